The Morgan fingerprint density at radius 1 is 1.31 bits per heavy atom. The van der Waals surface area contributed by atoms with Crippen LogP contribution in [0, 0.1) is 0 Å². The minimum Gasteiger partial charge on any atom is -0.399 e. The second-order valence-electron chi connectivity index (χ2n) is 3.67. The van der Waals surface area contributed by atoms with Gasteiger partial charge in [0.25, 0.3) is 0 Å². The van der Waals surface area contributed by atoms with Crippen molar-refractivity contribution in [1.29, 1.82) is 0 Å². The smallest absolute Gasteiger partial charge is 0.399 e. The van der Waals surface area contributed by atoms with Gasteiger partial charge < -0.3 is 11.1 Å². The van der Waals surface area contributed by atoms with E-state index in [1.165, 1.54) is 0 Å². The summed E-state index contributed by atoms with van der Waals surface area (Å²) >= 11 is 0. The summed E-state index contributed by atoms with van der Waals surface area (Å²) in [6.45, 7) is 4.39. The predicted octanol–water partition coefficient (Wildman–Crippen LogP) is 2.96. The second kappa shape index (κ2) is 4.74. The van der Waals surface area contributed by atoms with Gasteiger partial charge in [-0.2, -0.15) is 13.2 Å². The Morgan fingerprint density at radius 2 is 1.94 bits per heavy atom. The molecule has 0 aliphatic heterocycles. The van der Waals surface area contributed by atoms with Crippen LogP contribution in [0.4, 0.5) is 18.9 Å². The molecule has 0 aromatic heterocycles. The molecular weight excluding hydrogens is 217 g/mol. The first kappa shape index (κ1) is 12.8. The Labute approximate surface area is 92.6 Å². The normalized spacial score (nSPS) is 13.8. The summed E-state index contributed by atoms with van der Waals surface area (Å²) in [6.07, 6.45) is -4.35. The van der Waals surface area contributed by atoms with Gasteiger partial charge in [-0.3, -0.25) is 0 Å². The molecule has 0 radical (unpaired) electrons. The molecule has 0 spiro atoms. The molecule has 0 aliphatic carbocycles. The van der Waals surface area contributed by atoms with Crippen molar-refractivity contribution in [3.05, 3.63) is 29.3 Å². The van der Waals surface area contributed by atoms with Gasteiger partial charge in [0.05, 0.1) is 5.56 Å². The van der Waals surface area contributed by atoms with Gasteiger partial charge in [0.15, 0.2) is 0 Å². The van der Waals surface area contributed by atoms with E-state index >= 15 is 0 Å². The number of hydrogen-bond donors (Lipinski definition) is 2. The van der Waals surface area contributed by atoms with Gasteiger partial charge in [-0.1, -0.05) is 6.92 Å². The maximum Gasteiger partial charge on any atom is 0.416 e. The van der Waals surface area contributed by atoms with Gasteiger partial charge in [0.1, 0.15) is 0 Å². The number of benzene rings is 1. The predicted molar refractivity (Wildman–Crippen MR) is 57.9 cm³/mol. The van der Waals surface area contributed by atoms with E-state index in [1.54, 1.807) is 13.0 Å². The maximum atomic E-state index is 12.5. The molecule has 5 heteroatoms. The van der Waals surface area contributed by atoms with Crippen LogP contribution in [0.1, 0.15) is 31.0 Å². The first-order chi connectivity index (χ1) is 7.34. The average molecular weight is 232 g/mol. The highest BCUT2D eigenvalue weighted by molar-refractivity contribution is 5.46. The van der Waals surface area contributed by atoms with Crippen molar-refractivity contribution in [3.63, 3.8) is 0 Å². The van der Waals surface area contributed by atoms with Crippen molar-refractivity contribution in [2.24, 2.45) is 0 Å². The van der Waals surface area contributed by atoms with Gasteiger partial charge in [-0.25, -0.2) is 0 Å². The standard InChI is InChI=1S/C11H15F3N2/c1-3-16-7(2)8-4-9(11(12,13)14)6-10(15)5-8/h4-7,16H,3,15H2,1-2H3/t7-/m1/s1. The van der Waals surface area contributed by atoms with Crippen LogP contribution < -0.4 is 11.1 Å². The first-order valence-corrected chi connectivity index (χ1v) is 5.05. The number of nitrogen functional groups attached to an aromatic ring is 1. The lowest BCUT2D eigenvalue weighted by Gasteiger charge is -2.16. The molecule has 2 nitrogen and oxygen atoms in total. The molecule has 1 atom stereocenters. The molecule has 0 bridgehead atoms. The largest absolute Gasteiger partial charge is 0.416 e. The van der Waals surface area contributed by atoms with Crippen molar-refractivity contribution in [2.75, 3.05) is 12.3 Å². The van der Waals surface area contributed by atoms with Crippen LogP contribution in [0.25, 0.3) is 0 Å². The van der Waals surface area contributed by atoms with Gasteiger partial charge in [-0.05, 0) is 37.2 Å². The summed E-state index contributed by atoms with van der Waals surface area (Å²) in [5.74, 6) is 0. The molecule has 0 aliphatic rings. The minimum atomic E-state index is -4.35. The summed E-state index contributed by atoms with van der Waals surface area (Å²) in [7, 11) is 0. The molecule has 16 heavy (non-hydrogen) atoms. The number of nitrogens with one attached hydrogen (secondary N) is 1. The summed E-state index contributed by atoms with van der Waals surface area (Å²) < 4.78 is 37.6. The maximum absolute atomic E-state index is 12.5. The van der Waals surface area contributed by atoms with Gasteiger partial charge in [0.2, 0.25) is 0 Å². The highest BCUT2D eigenvalue weighted by Gasteiger charge is 2.31. The monoisotopic (exact) mass is 232 g/mol. The Kier molecular flexibility index (Phi) is 3.80. The van der Waals surface area contributed by atoms with Crippen molar-refractivity contribution >= 4 is 5.69 Å². The van der Waals surface area contributed by atoms with Gasteiger partial charge in [-0.15, -0.1) is 0 Å². The quantitative estimate of drug-likeness (QED) is 0.786. The molecular formula is C11H15F3N2. The third-order valence-corrected chi connectivity index (χ3v) is 2.32. The Bertz CT molecular complexity index is 361. The van der Waals surface area contributed by atoms with E-state index in [0.29, 0.717) is 12.1 Å². The number of nitrogens with two attached hydrogens (primary N) is 1. The van der Waals surface area contributed by atoms with E-state index < -0.39 is 11.7 Å². The molecule has 1 aromatic carbocycles. The van der Waals surface area contributed by atoms with Crippen molar-refractivity contribution < 1.29 is 13.2 Å². The third-order valence-electron chi connectivity index (χ3n) is 2.32. The fourth-order valence-electron chi connectivity index (χ4n) is 1.51. The zero-order valence-electron chi connectivity index (χ0n) is 9.23. The molecule has 0 amide bonds. The highest BCUT2D eigenvalue weighted by atomic mass is 19.4. The second-order valence-corrected chi connectivity index (χ2v) is 3.67. The fraction of sp³-hybridized carbons (Fsp3) is 0.455. The molecule has 1 aromatic rings. The van der Waals surface area contributed by atoms with Crippen molar-refractivity contribution in [3.8, 4) is 0 Å². The molecule has 90 valence electrons. The Balaban J connectivity index is 3.08. The van der Waals surface area contributed by atoms with Crippen LogP contribution in [0.2, 0.25) is 0 Å². The third kappa shape index (κ3) is 3.13. The Hall–Kier alpha value is -1.23. The topological polar surface area (TPSA) is 38.0 Å². The van der Waals surface area contributed by atoms with Crippen LogP contribution in [0.5, 0.6) is 0 Å². The van der Waals surface area contributed by atoms with E-state index in [0.717, 1.165) is 12.1 Å². The van der Waals surface area contributed by atoms with Crippen molar-refractivity contribution in [1.82, 2.24) is 5.32 Å². The summed E-state index contributed by atoms with van der Waals surface area (Å²) in [4.78, 5) is 0. The number of alkyl halides is 3. The average Bonchev–Trinajstić information content (AvgIpc) is 2.16. The lowest BCUT2D eigenvalue weighted by Crippen LogP contribution is -2.18. The molecule has 0 heterocycles. The zero-order chi connectivity index (χ0) is 12.3. The van der Waals surface area contributed by atoms with Crippen LogP contribution in [-0.2, 0) is 6.18 Å². The van der Waals surface area contributed by atoms with E-state index in [1.807, 2.05) is 6.92 Å². The first-order valence-electron chi connectivity index (χ1n) is 5.05. The Morgan fingerprint density at radius 3 is 2.44 bits per heavy atom. The molecule has 0 saturated carbocycles. The molecule has 0 saturated heterocycles. The minimum absolute atomic E-state index is 0.134. The van der Waals surface area contributed by atoms with Gasteiger partial charge >= 0.3 is 6.18 Å². The van der Waals surface area contributed by atoms with Crippen LogP contribution in [0.15, 0.2) is 18.2 Å². The number of rotatable bonds is 3. The fourth-order valence-corrected chi connectivity index (χ4v) is 1.51. The van der Waals surface area contributed by atoms with E-state index in [9.17, 15) is 13.2 Å². The van der Waals surface area contributed by atoms with Crippen LogP contribution >= 0.6 is 0 Å². The number of halogens is 3. The van der Waals surface area contributed by atoms with E-state index in [-0.39, 0.29) is 11.7 Å². The van der Waals surface area contributed by atoms with Crippen molar-refractivity contribution in [2.45, 2.75) is 26.1 Å². The summed E-state index contributed by atoms with van der Waals surface area (Å²) in [5, 5.41) is 3.04. The van der Waals surface area contributed by atoms with Crippen LogP contribution in [-0.4, -0.2) is 6.54 Å². The lowest BCUT2D eigenvalue weighted by atomic mass is 10.0. The number of anilines is 1. The lowest BCUT2D eigenvalue weighted by molar-refractivity contribution is -0.137. The van der Waals surface area contributed by atoms with E-state index in [2.05, 4.69) is 5.32 Å². The molecule has 0 fully saturated rings. The zero-order valence-corrected chi connectivity index (χ0v) is 9.23. The summed E-state index contributed by atoms with van der Waals surface area (Å²) in [5.41, 5.74) is 5.44. The number of hydrogen-bond acceptors (Lipinski definition) is 2. The molecule has 0 unspecified atom stereocenters. The highest BCUT2D eigenvalue weighted by Crippen LogP contribution is 2.32. The van der Waals surface area contributed by atoms with E-state index in [4.69, 9.17) is 5.73 Å². The van der Waals surface area contributed by atoms with Gasteiger partial charge in [0, 0.05) is 11.7 Å². The summed E-state index contributed by atoms with van der Waals surface area (Å²) in [6, 6.07) is 3.49. The SMILES string of the molecule is CCN[C@H](C)c1cc(N)cc(C(F)(F)F)c1. The molecule has 3 N–H and O–H groups in total. The van der Waals surface area contributed by atoms with Crippen LogP contribution in [0.3, 0.4) is 0 Å². The molecule has 1 rings (SSSR count).